The number of alkyl halides is 2. The van der Waals surface area contributed by atoms with Crippen LogP contribution in [0.3, 0.4) is 0 Å². The highest BCUT2D eigenvalue weighted by molar-refractivity contribution is 5.94. The van der Waals surface area contributed by atoms with Gasteiger partial charge in [0.2, 0.25) is 0 Å². The predicted molar refractivity (Wildman–Crippen MR) is 61.7 cm³/mol. The second-order valence-electron chi connectivity index (χ2n) is 3.80. The van der Waals surface area contributed by atoms with Gasteiger partial charge in [0.1, 0.15) is 5.75 Å². The Bertz CT molecular complexity index is 397. The number of benzene rings is 1. The molecule has 18 heavy (non-hydrogen) atoms. The lowest BCUT2D eigenvalue weighted by atomic mass is 10.2. The molecule has 1 aromatic rings. The molecule has 0 saturated heterocycles. The minimum Gasteiger partial charge on any atom is -0.435 e. The van der Waals surface area contributed by atoms with Crippen molar-refractivity contribution in [3.8, 4) is 5.75 Å². The molecule has 0 aliphatic rings. The Labute approximate surface area is 104 Å². The second-order valence-corrected chi connectivity index (χ2v) is 3.80. The number of amides is 1. The van der Waals surface area contributed by atoms with Crippen molar-refractivity contribution >= 4 is 5.91 Å². The topological polar surface area (TPSA) is 58.6 Å². The summed E-state index contributed by atoms with van der Waals surface area (Å²) in [6.07, 6.45) is -0.0716. The molecule has 1 amide bonds. The molecule has 1 aromatic carbocycles. The largest absolute Gasteiger partial charge is 0.435 e. The third-order valence-electron chi connectivity index (χ3n) is 2.17. The van der Waals surface area contributed by atoms with E-state index in [2.05, 4.69) is 10.1 Å². The van der Waals surface area contributed by atoms with Crippen LogP contribution in [0.2, 0.25) is 0 Å². The number of carbonyl (C=O) groups excluding carboxylic acids is 1. The number of nitrogens with one attached hydrogen (secondary N) is 1. The van der Waals surface area contributed by atoms with E-state index in [0.717, 1.165) is 0 Å². The van der Waals surface area contributed by atoms with E-state index in [0.29, 0.717) is 13.0 Å². The molecular weight excluding hydrogens is 244 g/mol. The monoisotopic (exact) mass is 259 g/mol. The summed E-state index contributed by atoms with van der Waals surface area (Å²) in [5.74, 6) is -0.455. The van der Waals surface area contributed by atoms with Crippen LogP contribution in [0.5, 0.6) is 5.75 Å². The minimum absolute atomic E-state index is 0.0619. The van der Waals surface area contributed by atoms with Gasteiger partial charge in [-0.3, -0.25) is 4.79 Å². The molecule has 0 aromatic heterocycles. The van der Waals surface area contributed by atoms with Crippen LogP contribution in [0.15, 0.2) is 24.3 Å². The van der Waals surface area contributed by atoms with Gasteiger partial charge in [-0.25, -0.2) is 0 Å². The molecule has 0 heterocycles. The molecule has 2 N–H and O–H groups in total. The summed E-state index contributed by atoms with van der Waals surface area (Å²) in [4.78, 5) is 11.6. The highest BCUT2D eigenvalue weighted by Crippen LogP contribution is 2.15. The Morgan fingerprint density at radius 3 is 2.83 bits per heavy atom. The van der Waals surface area contributed by atoms with Gasteiger partial charge in [-0.15, -0.1) is 0 Å². The fourth-order valence-corrected chi connectivity index (χ4v) is 1.31. The van der Waals surface area contributed by atoms with Gasteiger partial charge in [0, 0.05) is 12.1 Å². The van der Waals surface area contributed by atoms with E-state index in [9.17, 15) is 13.6 Å². The Morgan fingerprint density at radius 1 is 1.50 bits per heavy atom. The standard InChI is InChI=1S/C12H15F2NO3/c1-8(16)5-6-15-11(17)9-3-2-4-10(7-9)18-12(13)14/h2-4,7-8,12,16H,5-6H2,1H3,(H,15,17). The highest BCUT2D eigenvalue weighted by atomic mass is 19.3. The summed E-state index contributed by atoms with van der Waals surface area (Å²) in [5.41, 5.74) is 0.235. The number of hydrogen-bond acceptors (Lipinski definition) is 3. The molecule has 0 saturated carbocycles. The second kappa shape index (κ2) is 6.90. The van der Waals surface area contributed by atoms with Crippen LogP contribution in [0.25, 0.3) is 0 Å². The molecular formula is C12H15F2NO3. The summed E-state index contributed by atoms with van der Waals surface area (Å²) in [6.45, 7) is -0.988. The van der Waals surface area contributed by atoms with E-state index >= 15 is 0 Å². The quantitative estimate of drug-likeness (QED) is 0.818. The minimum atomic E-state index is -2.92. The van der Waals surface area contributed by atoms with Gasteiger partial charge in [0.25, 0.3) is 5.91 Å². The van der Waals surface area contributed by atoms with Gasteiger partial charge >= 0.3 is 6.61 Å². The molecule has 0 aliphatic carbocycles. The van der Waals surface area contributed by atoms with Crippen molar-refractivity contribution < 1.29 is 23.4 Å². The lowest BCUT2D eigenvalue weighted by Gasteiger charge is -2.08. The number of aliphatic hydroxyl groups excluding tert-OH is 1. The van der Waals surface area contributed by atoms with E-state index < -0.39 is 18.6 Å². The fourth-order valence-electron chi connectivity index (χ4n) is 1.31. The van der Waals surface area contributed by atoms with E-state index in [4.69, 9.17) is 5.11 Å². The maximum Gasteiger partial charge on any atom is 0.387 e. The number of halogens is 2. The van der Waals surface area contributed by atoms with E-state index in [1.165, 1.54) is 24.3 Å². The molecule has 0 radical (unpaired) electrons. The van der Waals surface area contributed by atoms with Crippen molar-refractivity contribution in [2.75, 3.05) is 6.54 Å². The molecule has 0 aliphatic heterocycles. The van der Waals surface area contributed by atoms with Crippen molar-refractivity contribution in [1.29, 1.82) is 0 Å². The molecule has 4 nitrogen and oxygen atoms in total. The Morgan fingerprint density at radius 2 is 2.22 bits per heavy atom. The Hall–Kier alpha value is -1.69. The first-order chi connectivity index (χ1) is 8.49. The zero-order chi connectivity index (χ0) is 13.5. The van der Waals surface area contributed by atoms with Crippen LogP contribution in [0.4, 0.5) is 8.78 Å². The zero-order valence-corrected chi connectivity index (χ0v) is 9.90. The van der Waals surface area contributed by atoms with E-state index in [1.54, 1.807) is 6.92 Å². The number of rotatable bonds is 6. The van der Waals surface area contributed by atoms with Crippen LogP contribution in [-0.2, 0) is 0 Å². The molecule has 0 spiro atoms. The maximum atomic E-state index is 12.0. The summed E-state index contributed by atoms with van der Waals surface area (Å²) < 4.78 is 28.2. The first-order valence-corrected chi connectivity index (χ1v) is 5.50. The van der Waals surface area contributed by atoms with E-state index in [-0.39, 0.29) is 11.3 Å². The number of carbonyl (C=O) groups is 1. The Kier molecular flexibility index (Phi) is 5.51. The molecule has 100 valence electrons. The smallest absolute Gasteiger partial charge is 0.387 e. The first-order valence-electron chi connectivity index (χ1n) is 5.50. The normalized spacial score (nSPS) is 12.3. The average Bonchev–Trinajstić information content (AvgIpc) is 2.27. The van der Waals surface area contributed by atoms with Crippen LogP contribution in [0.1, 0.15) is 23.7 Å². The summed E-state index contributed by atoms with van der Waals surface area (Å²) in [5, 5.41) is 11.6. The SMILES string of the molecule is CC(O)CCNC(=O)c1cccc(OC(F)F)c1. The van der Waals surface area contributed by atoms with Gasteiger partial charge in [-0.05, 0) is 31.5 Å². The van der Waals surface area contributed by atoms with Crippen LogP contribution in [0, 0.1) is 0 Å². The maximum absolute atomic E-state index is 12.0. The zero-order valence-electron chi connectivity index (χ0n) is 9.90. The Balaban J connectivity index is 2.57. The average molecular weight is 259 g/mol. The highest BCUT2D eigenvalue weighted by Gasteiger charge is 2.09. The third-order valence-corrected chi connectivity index (χ3v) is 2.17. The summed E-state index contributed by atoms with van der Waals surface area (Å²) in [6, 6.07) is 5.54. The van der Waals surface area contributed by atoms with Crippen molar-refractivity contribution in [3.05, 3.63) is 29.8 Å². The van der Waals surface area contributed by atoms with Gasteiger partial charge in [-0.2, -0.15) is 8.78 Å². The molecule has 0 bridgehead atoms. The lowest BCUT2D eigenvalue weighted by Crippen LogP contribution is -2.26. The van der Waals surface area contributed by atoms with Gasteiger partial charge in [0.05, 0.1) is 6.10 Å². The van der Waals surface area contributed by atoms with Gasteiger partial charge in [0.15, 0.2) is 0 Å². The van der Waals surface area contributed by atoms with Gasteiger partial charge in [-0.1, -0.05) is 6.07 Å². The van der Waals surface area contributed by atoms with Crippen LogP contribution >= 0.6 is 0 Å². The molecule has 1 unspecified atom stereocenters. The van der Waals surface area contributed by atoms with Crippen molar-refractivity contribution in [3.63, 3.8) is 0 Å². The molecule has 1 atom stereocenters. The third kappa shape index (κ3) is 5.09. The number of hydrogen-bond donors (Lipinski definition) is 2. The first kappa shape index (κ1) is 14.4. The van der Waals surface area contributed by atoms with E-state index in [1.807, 2.05) is 0 Å². The number of ether oxygens (including phenoxy) is 1. The van der Waals surface area contributed by atoms with Crippen LogP contribution in [-0.4, -0.2) is 30.3 Å². The van der Waals surface area contributed by atoms with Crippen molar-refractivity contribution in [2.24, 2.45) is 0 Å². The van der Waals surface area contributed by atoms with Crippen LogP contribution < -0.4 is 10.1 Å². The predicted octanol–water partition coefficient (Wildman–Crippen LogP) is 1.79. The fraction of sp³-hybridized carbons (Fsp3) is 0.417. The van der Waals surface area contributed by atoms with Crippen molar-refractivity contribution in [2.45, 2.75) is 26.1 Å². The molecule has 1 rings (SSSR count). The van der Waals surface area contributed by atoms with Gasteiger partial charge < -0.3 is 15.2 Å². The van der Waals surface area contributed by atoms with Crippen molar-refractivity contribution in [1.82, 2.24) is 5.32 Å². The molecule has 6 heteroatoms. The number of aliphatic hydroxyl groups is 1. The summed E-state index contributed by atoms with van der Waals surface area (Å²) >= 11 is 0. The summed E-state index contributed by atoms with van der Waals surface area (Å²) in [7, 11) is 0. The lowest BCUT2D eigenvalue weighted by molar-refractivity contribution is -0.0498. The molecule has 0 fully saturated rings.